The molecule has 17 heavy (non-hydrogen) atoms. The molecule has 100 valence electrons. The largest absolute Gasteiger partial charge is 0.481 e. The van der Waals surface area contributed by atoms with Crippen LogP contribution in [-0.2, 0) is 14.3 Å². The van der Waals surface area contributed by atoms with Gasteiger partial charge in [-0.25, -0.2) is 0 Å². The molecule has 0 aliphatic heterocycles. The zero-order valence-corrected chi connectivity index (χ0v) is 11.9. The van der Waals surface area contributed by atoms with Crippen molar-refractivity contribution in [3.63, 3.8) is 0 Å². The molecule has 0 atom stereocenters. The van der Waals surface area contributed by atoms with Crippen LogP contribution in [0.15, 0.2) is 0 Å². The molecule has 0 aromatic heterocycles. The van der Waals surface area contributed by atoms with Gasteiger partial charge in [0, 0.05) is 10.8 Å². The Morgan fingerprint density at radius 2 is 1.29 bits per heavy atom. The molecule has 0 unspecified atom stereocenters. The molecule has 0 amide bonds. The molecule has 0 rings (SSSR count). The second kappa shape index (κ2) is 4.67. The van der Waals surface area contributed by atoms with Crippen LogP contribution in [-0.4, -0.2) is 22.6 Å². The van der Waals surface area contributed by atoms with Crippen molar-refractivity contribution < 1.29 is 19.4 Å². The second-order valence-electron chi connectivity index (χ2n) is 6.58. The van der Waals surface area contributed by atoms with E-state index < -0.39 is 24.0 Å². The van der Waals surface area contributed by atoms with Gasteiger partial charge < -0.3 is 9.84 Å². The highest BCUT2D eigenvalue weighted by Gasteiger charge is 2.50. The molecule has 0 aliphatic rings. The topological polar surface area (TPSA) is 63.6 Å². The minimum absolute atomic E-state index is 0.278. The Labute approximate surface area is 103 Å². The number of carbonyl (C=O) groups excluding carboxylic acids is 1. The summed E-state index contributed by atoms with van der Waals surface area (Å²) in [6.07, 6.45) is -0.595. The fraction of sp³-hybridized carbons (Fsp3) is 0.846. The Hall–Kier alpha value is -1.06. The Morgan fingerprint density at radius 1 is 0.941 bits per heavy atom. The van der Waals surface area contributed by atoms with Crippen molar-refractivity contribution in [1.82, 2.24) is 0 Å². The summed E-state index contributed by atoms with van der Waals surface area (Å²) >= 11 is 0. The third-order valence-corrected chi connectivity index (χ3v) is 3.48. The van der Waals surface area contributed by atoms with E-state index in [1.54, 1.807) is 0 Å². The maximum Gasteiger partial charge on any atom is 0.317 e. The first-order chi connectivity index (χ1) is 7.31. The lowest BCUT2D eigenvalue weighted by Gasteiger charge is -2.50. The number of carboxylic acid groups (broad SMARTS) is 1. The average molecular weight is 244 g/mol. The fourth-order valence-corrected chi connectivity index (χ4v) is 1.82. The van der Waals surface area contributed by atoms with Crippen molar-refractivity contribution in [1.29, 1.82) is 0 Å². The first-order valence-electron chi connectivity index (χ1n) is 5.75. The van der Waals surface area contributed by atoms with E-state index in [4.69, 9.17) is 9.84 Å². The van der Waals surface area contributed by atoms with Crippen LogP contribution in [0.2, 0.25) is 0 Å². The predicted molar refractivity (Wildman–Crippen MR) is 65.7 cm³/mol. The summed E-state index contributed by atoms with van der Waals surface area (Å²) in [5.74, 6) is -1.86. The van der Waals surface area contributed by atoms with E-state index in [0.717, 1.165) is 0 Å². The number of hydrogen-bond acceptors (Lipinski definition) is 3. The van der Waals surface area contributed by atoms with Crippen LogP contribution in [0.4, 0.5) is 0 Å². The molecule has 4 nitrogen and oxygen atoms in total. The number of ether oxygens (including phenoxy) is 1. The maximum atomic E-state index is 11.6. The third-order valence-electron chi connectivity index (χ3n) is 3.48. The Bertz CT molecular complexity index is 290. The number of carboxylic acids is 1. The third kappa shape index (κ3) is 3.72. The lowest BCUT2D eigenvalue weighted by atomic mass is 9.63. The summed E-state index contributed by atoms with van der Waals surface area (Å²) in [6.45, 7) is 13.7. The molecule has 0 heterocycles. The number of rotatable bonds is 3. The van der Waals surface area contributed by atoms with E-state index in [1.807, 2.05) is 48.5 Å². The molecule has 0 aliphatic carbocycles. The summed E-state index contributed by atoms with van der Waals surface area (Å²) in [5, 5.41) is 8.59. The van der Waals surface area contributed by atoms with Crippen molar-refractivity contribution in [2.24, 2.45) is 10.8 Å². The predicted octanol–water partition coefficient (Wildman–Crippen LogP) is 2.86. The smallest absolute Gasteiger partial charge is 0.317 e. The highest BCUT2D eigenvalue weighted by Crippen LogP contribution is 2.46. The van der Waals surface area contributed by atoms with Gasteiger partial charge in [-0.1, -0.05) is 41.5 Å². The van der Waals surface area contributed by atoms with Gasteiger partial charge in [0.2, 0.25) is 0 Å². The highest BCUT2D eigenvalue weighted by atomic mass is 16.6. The molecule has 0 radical (unpaired) electrons. The van der Waals surface area contributed by atoms with Crippen molar-refractivity contribution in [3.05, 3.63) is 0 Å². The zero-order chi connectivity index (χ0) is 14.1. The molecule has 0 fully saturated rings. The van der Waals surface area contributed by atoms with Gasteiger partial charge in [-0.3, -0.25) is 9.59 Å². The summed E-state index contributed by atoms with van der Waals surface area (Å²) in [5.41, 5.74) is -1.29. The van der Waals surface area contributed by atoms with Crippen LogP contribution in [0.25, 0.3) is 0 Å². The number of esters is 1. The lowest BCUT2D eigenvalue weighted by molar-refractivity contribution is -0.192. The molecule has 4 heteroatoms. The lowest BCUT2D eigenvalue weighted by Crippen LogP contribution is -2.53. The average Bonchev–Trinajstić information content (AvgIpc) is 1.97. The Morgan fingerprint density at radius 3 is 1.53 bits per heavy atom. The Kier molecular flexibility index (Phi) is 4.38. The van der Waals surface area contributed by atoms with Crippen LogP contribution < -0.4 is 0 Å². The molecule has 0 saturated carbocycles. The summed E-state index contributed by atoms with van der Waals surface area (Å²) in [6, 6.07) is 0. The van der Waals surface area contributed by atoms with Gasteiger partial charge in [0.1, 0.15) is 12.0 Å². The summed E-state index contributed by atoms with van der Waals surface area (Å²) in [4.78, 5) is 22.1. The van der Waals surface area contributed by atoms with Gasteiger partial charge in [-0.15, -0.1) is 0 Å². The molecular formula is C13H24O4. The van der Waals surface area contributed by atoms with Crippen LogP contribution in [0, 0.1) is 10.8 Å². The summed E-state index contributed by atoms with van der Waals surface area (Å²) < 4.78 is 5.46. The normalized spacial score (nSPS) is 13.4. The van der Waals surface area contributed by atoms with Crippen LogP contribution >= 0.6 is 0 Å². The highest BCUT2D eigenvalue weighted by molar-refractivity contribution is 5.90. The molecular weight excluding hydrogens is 220 g/mol. The van der Waals surface area contributed by atoms with Crippen molar-refractivity contribution in [3.8, 4) is 0 Å². The van der Waals surface area contributed by atoms with Crippen molar-refractivity contribution in [2.75, 3.05) is 0 Å². The van der Waals surface area contributed by atoms with E-state index in [0.29, 0.717) is 0 Å². The first-order valence-corrected chi connectivity index (χ1v) is 5.75. The van der Waals surface area contributed by atoms with E-state index in [9.17, 15) is 9.59 Å². The van der Waals surface area contributed by atoms with Gasteiger partial charge in [-0.05, 0) is 6.92 Å². The fourth-order valence-electron chi connectivity index (χ4n) is 1.82. The zero-order valence-electron chi connectivity index (χ0n) is 11.9. The van der Waals surface area contributed by atoms with E-state index in [2.05, 4.69) is 0 Å². The second-order valence-corrected chi connectivity index (χ2v) is 6.58. The minimum atomic E-state index is -1.17. The first kappa shape index (κ1) is 15.9. The number of hydrogen-bond donors (Lipinski definition) is 1. The van der Waals surface area contributed by atoms with Gasteiger partial charge in [0.05, 0.1) is 0 Å². The standard InChI is InChI=1S/C13H24O4/c1-11(2,3)13(7,12(4,5)6)17-10(16)8-9(14)15/h8H2,1-7H3,(H,14,15). The SMILES string of the molecule is CC(C)(C)C(C)(OC(=O)CC(=O)O)C(C)(C)C. The quantitative estimate of drug-likeness (QED) is 0.612. The molecule has 0 saturated heterocycles. The van der Waals surface area contributed by atoms with Crippen LogP contribution in [0.1, 0.15) is 54.9 Å². The Balaban J connectivity index is 5.12. The minimum Gasteiger partial charge on any atom is -0.481 e. The van der Waals surface area contributed by atoms with Gasteiger partial charge in [0.15, 0.2) is 0 Å². The molecule has 0 spiro atoms. The number of carbonyl (C=O) groups is 2. The van der Waals surface area contributed by atoms with Crippen molar-refractivity contribution >= 4 is 11.9 Å². The van der Waals surface area contributed by atoms with Crippen LogP contribution in [0.3, 0.4) is 0 Å². The molecule has 1 N–H and O–H groups in total. The number of aliphatic carboxylic acids is 1. The van der Waals surface area contributed by atoms with E-state index >= 15 is 0 Å². The molecule has 0 bridgehead atoms. The maximum absolute atomic E-state index is 11.6. The van der Waals surface area contributed by atoms with Gasteiger partial charge in [0.25, 0.3) is 0 Å². The molecule has 0 aromatic rings. The van der Waals surface area contributed by atoms with E-state index in [-0.39, 0.29) is 10.8 Å². The summed E-state index contributed by atoms with van der Waals surface area (Å²) in [7, 11) is 0. The van der Waals surface area contributed by atoms with Crippen molar-refractivity contribution in [2.45, 2.75) is 60.5 Å². The monoisotopic (exact) mass is 244 g/mol. The van der Waals surface area contributed by atoms with E-state index in [1.165, 1.54) is 0 Å². The van der Waals surface area contributed by atoms with Gasteiger partial charge >= 0.3 is 11.9 Å². The van der Waals surface area contributed by atoms with Crippen LogP contribution in [0.5, 0.6) is 0 Å². The van der Waals surface area contributed by atoms with Gasteiger partial charge in [-0.2, -0.15) is 0 Å². The molecule has 0 aromatic carbocycles.